The van der Waals surface area contributed by atoms with E-state index in [0.29, 0.717) is 17.4 Å². The van der Waals surface area contributed by atoms with Crippen molar-refractivity contribution in [2.75, 3.05) is 20.2 Å². The van der Waals surface area contributed by atoms with Gasteiger partial charge in [0.2, 0.25) is 5.88 Å². The first-order valence-electron chi connectivity index (χ1n) is 8.07. The summed E-state index contributed by atoms with van der Waals surface area (Å²) in [4.78, 5) is 8.72. The van der Waals surface area contributed by atoms with Crippen LogP contribution in [-0.2, 0) is 0 Å². The lowest BCUT2D eigenvalue weighted by molar-refractivity contribution is 0.119. The normalized spacial score (nSPS) is 22.0. The van der Waals surface area contributed by atoms with E-state index in [2.05, 4.69) is 19.9 Å². The third-order valence-corrected chi connectivity index (χ3v) is 4.91. The number of benzene rings is 1. The molecule has 2 unspecified atom stereocenters. The fourth-order valence-corrected chi connectivity index (χ4v) is 3.79. The molecule has 24 heavy (non-hydrogen) atoms. The van der Waals surface area contributed by atoms with Gasteiger partial charge in [0.05, 0.1) is 24.8 Å². The van der Waals surface area contributed by atoms with Crippen molar-refractivity contribution in [3.8, 4) is 5.88 Å². The van der Waals surface area contributed by atoms with Crippen LogP contribution in [0.5, 0.6) is 5.88 Å². The molecule has 7 heteroatoms. The first kappa shape index (κ1) is 15.6. The monoisotopic (exact) mass is 346 g/mol. The quantitative estimate of drug-likeness (QED) is 0.746. The molecule has 0 radical (unpaired) electrons. The van der Waals surface area contributed by atoms with E-state index in [0.717, 1.165) is 41.3 Å². The van der Waals surface area contributed by atoms with Gasteiger partial charge < -0.3 is 19.7 Å². The zero-order valence-electron chi connectivity index (χ0n) is 13.4. The Morgan fingerprint density at radius 2 is 2.25 bits per heavy atom. The smallest absolute Gasteiger partial charge is 0.241 e. The second kappa shape index (κ2) is 6.20. The number of aliphatic hydroxyl groups excluding tert-OH is 1. The van der Waals surface area contributed by atoms with Crippen molar-refractivity contribution in [2.45, 2.75) is 25.0 Å². The average Bonchev–Trinajstić information content (AvgIpc) is 2.75. The van der Waals surface area contributed by atoms with Crippen LogP contribution >= 0.6 is 11.6 Å². The second-order valence-electron chi connectivity index (χ2n) is 6.09. The third-order valence-electron chi connectivity index (χ3n) is 4.68. The van der Waals surface area contributed by atoms with E-state index in [9.17, 15) is 5.11 Å². The lowest BCUT2D eigenvalue weighted by atomic mass is 10.1. The van der Waals surface area contributed by atoms with Crippen molar-refractivity contribution >= 4 is 33.5 Å². The van der Waals surface area contributed by atoms with Crippen LogP contribution in [0.2, 0.25) is 5.02 Å². The zero-order valence-corrected chi connectivity index (χ0v) is 14.1. The third kappa shape index (κ3) is 2.42. The van der Waals surface area contributed by atoms with Crippen LogP contribution in [0.15, 0.2) is 24.5 Å². The Balaban J connectivity index is 2.07. The predicted molar refractivity (Wildman–Crippen MR) is 93.7 cm³/mol. The molecular weight excluding hydrogens is 328 g/mol. The molecule has 1 saturated heterocycles. The van der Waals surface area contributed by atoms with Crippen molar-refractivity contribution in [1.82, 2.24) is 19.9 Å². The summed E-state index contributed by atoms with van der Waals surface area (Å²) >= 11 is 6.20. The highest BCUT2D eigenvalue weighted by molar-refractivity contribution is 6.31. The molecule has 6 nitrogen and oxygen atoms in total. The average molecular weight is 347 g/mol. The first-order valence-corrected chi connectivity index (χ1v) is 8.45. The number of methoxy groups -OCH3 is 1. The van der Waals surface area contributed by atoms with E-state index in [1.54, 1.807) is 7.11 Å². The Bertz CT molecular complexity index is 895. The number of aliphatic hydroxyl groups is 1. The molecule has 2 atom stereocenters. The van der Waals surface area contributed by atoms with E-state index in [-0.39, 0.29) is 6.04 Å². The van der Waals surface area contributed by atoms with Gasteiger partial charge in [0.25, 0.3) is 0 Å². The molecule has 3 aromatic rings. The van der Waals surface area contributed by atoms with Crippen molar-refractivity contribution in [3.63, 3.8) is 0 Å². The van der Waals surface area contributed by atoms with Gasteiger partial charge in [0.1, 0.15) is 17.4 Å². The SMILES string of the molecule is COc1ncnc2c3cc(Cl)ccc3n(C3CCCNCC3O)c12. The van der Waals surface area contributed by atoms with Crippen LogP contribution in [0.3, 0.4) is 0 Å². The van der Waals surface area contributed by atoms with Crippen LogP contribution < -0.4 is 10.1 Å². The summed E-state index contributed by atoms with van der Waals surface area (Å²) in [7, 11) is 1.60. The summed E-state index contributed by atoms with van der Waals surface area (Å²) in [6, 6.07) is 5.68. The Labute approximate surface area is 144 Å². The highest BCUT2D eigenvalue weighted by atomic mass is 35.5. The lowest BCUT2D eigenvalue weighted by Crippen LogP contribution is -2.31. The minimum Gasteiger partial charge on any atom is -0.479 e. The van der Waals surface area contributed by atoms with Crippen LogP contribution in [-0.4, -0.2) is 45.9 Å². The highest BCUT2D eigenvalue weighted by Crippen LogP contribution is 2.38. The molecule has 0 spiro atoms. The van der Waals surface area contributed by atoms with Gasteiger partial charge >= 0.3 is 0 Å². The lowest BCUT2D eigenvalue weighted by Gasteiger charge is -2.24. The maximum Gasteiger partial charge on any atom is 0.241 e. The number of ether oxygens (including phenoxy) is 1. The summed E-state index contributed by atoms with van der Waals surface area (Å²) in [5, 5.41) is 15.5. The Morgan fingerprint density at radius 3 is 3.08 bits per heavy atom. The number of hydrogen-bond donors (Lipinski definition) is 2. The molecule has 126 valence electrons. The molecular formula is C17H19ClN4O2. The fraction of sp³-hybridized carbons (Fsp3) is 0.412. The van der Waals surface area contributed by atoms with Gasteiger partial charge in [-0.25, -0.2) is 4.98 Å². The molecule has 1 aliphatic heterocycles. The number of nitrogens with one attached hydrogen (secondary N) is 1. The zero-order chi connectivity index (χ0) is 16.7. The molecule has 3 heterocycles. The number of aromatic nitrogens is 3. The molecule has 1 aliphatic rings. The van der Waals surface area contributed by atoms with Crippen molar-refractivity contribution in [1.29, 1.82) is 0 Å². The molecule has 1 aromatic carbocycles. The molecule has 0 amide bonds. The van der Waals surface area contributed by atoms with Gasteiger partial charge in [-0.2, -0.15) is 4.98 Å². The van der Waals surface area contributed by atoms with Crippen molar-refractivity contribution in [2.24, 2.45) is 0 Å². The minimum absolute atomic E-state index is 0.0684. The molecule has 2 N–H and O–H groups in total. The van der Waals surface area contributed by atoms with E-state index in [1.807, 2.05) is 18.2 Å². The molecule has 0 saturated carbocycles. The van der Waals surface area contributed by atoms with Gasteiger partial charge in [-0.05, 0) is 37.6 Å². The van der Waals surface area contributed by atoms with Crippen LogP contribution in [0.4, 0.5) is 0 Å². The van der Waals surface area contributed by atoms with Gasteiger partial charge in [-0.1, -0.05) is 11.6 Å². The van der Waals surface area contributed by atoms with E-state index >= 15 is 0 Å². The first-order chi connectivity index (χ1) is 11.7. The van der Waals surface area contributed by atoms with Gasteiger partial charge in [0.15, 0.2) is 0 Å². The largest absolute Gasteiger partial charge is 0.479 e. The number of halogens is 1. The Hall–Kier alpha value is -1.89. The standard InChI is InChI=1S/C17H19ClN4O2/c1-24-17-16-15(20-9-21-17)11-7-10(18)4-5-12(11)22(16)13-3-2-6-19-8-14(13)23/h4-5,7,9,13-14,19,23H,2-3,6,8H2,1H3. The maximum absolute atomic E-state index is 10.7. The van der Waals surface area contributed by atoms with Crippen LogP contribution in [0.25, 0.3) is 21.9 Å². The number of hydrogen-bond acceptors (Lipinski definition) is 5. The van der Waals surface area contributed by atoms with Crippen molar-refractivity contribution in [3.05, 3.63) is 29.5 Å². The van der Waals surface area contributed by atoms with Gasteiger partial charge in [0, 0.05) is 17.0 Å². The van der Waals surface area contributed by atoms with E-state index < -0.39 is 6.10 Å². The minimum atomic E-state index is -0.494. The summed E-state index contributed by atoms with van der Waals surface area (Å²) < 4.78 is 7.61. The molecule has 2 aromatic heterocycles. The number of β-amino-alcohol motifs (C(OH)–C–C–N with tert-alkyl or cyclic N) is 1. The van der Waals surface area contributed by atoms with Crippen LogP contribution in [0.1, 0.15) is 18.9 Å². The molecule has 0 bridgehead atoms. The summed E-state index contributed by atoms with van der Waals surface area (Å²) in [6.45, 7) is 1.47. The number of nitrogens with zero attached hydrogens (tertiary/aromatic N) is 3. The summed E-state index contributed by atoms with van der Waals surface area (Å²) in [5.74, 6) is 0.511. The Morgan fingerprint density at radius 1 is 1.38 bits per heavy atom. The summed E-state index contributed by atoms with van der Waals surface area (Å²) in [6.07, 6.45) is 2.86. The maximum atomic E-state index is 10.7. The topological polar surface area (TPSA) is 72.2 Å². The Kier molecular flexibility index (Phi) is 4.04. The van der Waals surface area contributed by atoms with Crippen molar-refractivity contribution < 1.29 is 9.84 Å². The van der Waals surface area contributed by atoms with E-state index in [1.165, 1.54) is 6.33 Å². The second-order valence-corrected chi connectivity index (χ2v) is 6.53. The van der Waals surface area contributed by atoms with E-state index in [4.69, 9.17) is 16.3 Å². The molecule has 1 fully saturated rings. The highest BCUT2D eigenvalue weighted by Gasteiger charge is 2.28. The van der Waals surface area contributed by atoms with Gasteiger partial charge in [-0.15, -0.1) is 0 Å². The number of fused-ring (bicyclic) bond motifs is 3. The predicted octanol–water partition coefficient (Wildman–Crippen LogP) is 2.53. The summed E-state index contributed by atoms with van der Waals surface area (Å²) in [5.41, 5.74) is 2.59. The van der Waals surface area contributed by atoms with Gasteiger partial charge in [-0.3, -0.25) is 0 Å². The molecule has 4 rings (SSSR count). The van der Waals surface area contributed by atoms with Crippen LogP contribution in [0, 0.1) is 0 Å². The fourth-order valence-electron chi connectivity index (χ4n) is 3.61. The molecule has 0 aliphatic carbocycles. The number of rotatable bonds is 2.